The van der Waals surface area contributed by atoms with Gasteiger partial charge in [0.1, 0.15) is 5.41 Å². The quantitative estimate of drug-likeness (QED) is 0.110. The van der Waals surface area contributed by atoms with Crippen LogP contribution in [0.2, 0.25) is 0 Å². The lowest BCUT2D eigenvalue weighted by Crippen LogP contribution is -2.67. The van der Waals surface area contributed by atoms with E-state index in [4.69, 9.17) is 10.2 Å². The number of aliphatic hydroxyl groups is 2. The van der Waals surface area contributed by atoms with Gasteiger partial charge in [0.05, 0.1) is 12.2 Å². The summed E-state index contributed by atoms with van der Waals surface area (Å²) in [6.07, 6.45) is 13.8. The fraction of sp³-hybridized carbons (Fsp3) is 0.648. The Bertz CT molecular complexity index is 2200. The number of hydrogen-bond donors (Lipinski definition) is 5. The van der Waals surface area contributed by atoms with Gasteiger partial charge in [-0.25, -0.2) is 9.59 Å². The number of carboxylic acids is 3. The molecular weight excluding hydrogens is 869 g/mol. The Morgan fingerprint density at radius 3 is 2.08 bits per heavy atom. The van der Waals surface area contributed by atoms with Crippen molar-refractivity contribution in [2.45, 2.75) is 146 Å². The summed E-state index contributed by atoms with van der Waals surface area (Å²) in [6.45, 7) is 21.1. The zero-order valence-electron chi connectivity index (χ0n) is 40.8. The number of thioether (sulfide) groups is 1. The normalized spacial score (nSPS) is 36.6. The zero-order chi connectivity index (χ0) is 48.2. The molecule has 66 heavy (non-hydrogen) atoms. The van der Waals surface area contributed by atoms with Crippen LogP contribution < -0.4 is 0 Å². The Labute approximate surface area is 402 Å². The van der Waals surface area contributed by atoms with E-state index in [0.717, 1.165) is 64.5 Å². The Balaban J connectivity index is 0.000000176. The summed E-state index contributed by atoms with van der Waals surface area (Å²) in [5, 5.41) is 48.7. The van der Waals surface area contributed by atoms with E-state index in [1.165, 1.54) is 44.5 Å². The van der Waals surface area contributed by atoms with Crippen molar-refractivity contribution in [2.75, 3.05) is 39.5 Å². The van der Waals surface area contributed by atoms with Crippen LogP contribution >= 0.6 is 23.5 Å². The van der Waals surface area contributed by atoms with E-state index in [1.54, 1.807) is 0 Å². The lowest BCUT2D eigenvalue weighted by Gasteiger charge is -2.71. The molecule has 0 radical (unpaired) electrons. The number of carboxylic acid groups (broad SMARTS) is 3. The molecule has 2 aliphatic heterocycles. The maximum atomic E-state index is 12.8. The number of likely N-dealkylation sites (N-methyl/N-ethyl adjacent to an activating group) is 1. The second kappa shape index (κ2) is 19.0. The van der Waals surface area contributed by atoms with Crippen LogP contribution in [-0.2, 0) is 20.8 Å². The van der Waals surface area contributed by atoms with Gasteiger partial charge in [0.15, 0.2) is 0 Å². The van der Waals surface area contributed by atoms with Gasteiger partial charge in [-0.3, -0.25) is 9.69 Å². The average Bonchev–Trinajstić information content (AvgIpc) is 3.41. The van der Waals surface area contributed by atoms with Gasteiger partial charge in [-0.2, -0.15) is 0 Å². The van der Waals surface area contributed by atoms with E-state index in [2.05, 4.69) is 120 Å². The number of aliphatic hydroxyl groups excluding tert-OH is 2. The lowest BCUT2D eigenvalue weighted by molar-refractivity contribution is -0.218. The summed E-state index contributed by atoms with van der Waals surface area (Å²) in [4.78, 5) is 41.3. The van der Waals surface area contributed by atoms with E-state index in [-0.39, 0.29) is 39.1 Å². The molecule has 7 aliphatic rings. The second-order valence-electron chi connectivity index (χ2n) is 22.8. The molecule has 4 saturated carbocycles. The maximum Gasteiger partial charge on any atom is 0.328 e. The summed E-state index contributed by atoms with van der Waals surface area (Å²) in [7, 11) is 2.23. The second-order valence-corrected chi connectivity index (χ2v) is 24.8. The summed E-state index contributed by atoms with van der Waals surface area (Å²) in [5.74, 6) is -2.43. The number of piperazine rings is 1. The molecule has 5 fully saturated rings. The lowest BCUT2D eigenvalue weighted by atomic mass is 9.33. The standard InChI is InChI=1S/C30H48O4.C20H24N2S2.C4H4O4/c1-25(2)14-15-30(24(33)34)19(16-25)18-8-9-21-27(5)12-11-22(31)26(3,4)20(27)10-13-28(21,6)29(18,7)17-23(30)32;1-21-9-11-22(12-10-21)18-13-15-5-3-4-6-19(15)24-20-8-7-16(23-2)14-17(18)20;5-3(6)1-2-4(7)8/h8,19-23,31-32H,9-17H2,1-7H3,(H,33,34);3-8,14,18H,9-13H2,1-2H3;1-2H,(H,5,6)(H,7,8). The predicted octanol–water partition coefficient (Wildman–Crippen LogP) is 10.3. The summed E-state index contributed by atoms with van der Waals surface area (Å²) in [5.41, 5.74) is 3.31. The first kappa shape index (κ1) is 50.7. The van der Waals surface area contributed by atoms with Crippen molar-refractivity contribution in [3.8, 4) is 0 Å². The molecule has 5 N–H and O–H groups in total. The molecule has 2 aromatic rings. The third-order valence-electron chi connectivity index (χ3n) is 18.6. The van der Waals surface area contributed by atoms with Gasteiger partial charge in [-0.15, -0.1) is 11.8 Å². The summed E-state index contributed by atoms with van der Waals surface area (Å²) < 4.78 is 0. The maximum absolute atomic E-state index is 12.8. The number of nitrogens with zero attached hydrogens (tertiary/aromatic N) is 2. The molecule has 10 unspecified atom stereocenters. The van der Waals surface area contributed by atoms with Gasteiger partial charge < -0.3 is 30.4 Å². The van der Waals surface area contributed by atoms with Crippen LogP contribution in [0.1, 0.15) is 123 Å². The largest absolute Gasteiger partial charge is 0.481 e. The average molecular weight is 945 g/mol. The highest BCUT2D eigenvalue weighted by Gasteiger charge is 2.71. The van der Waals surface area contributed by atoms with Gasteiger partial charge in [-0.05, 0) is 158 Å². The molecule has 12 heteroatoms. The van der Waals surface area contributed by atoms with E-state index in [9.17, 15) is 29.7 Å². The molecule has 5 aliphatic carbocycles. The molecular formula is C54H76N2O8S2. The molecule has 362 valence electrons. The number of fused-ring (bicyclic) bond motifs is 9. The van der Waals surface area contributed by atoms with Crippen molar-refractivity contribution in [3.05, 3.63) is 77.4 Å². The van der Waals surface area contributed by atoms with E-state index >= 15 is 0 Å². The summed E-state index contributed by atoms with van der Waals surface area (Å²) >= 11 is 3.79. The van der Waals surface area contributed by atoms with Crippen LogP contribution in [0, 0.1) is 50.2 Å². The highest BCUT2D eigenvalue weighted by molar-refractivity contribution is 7.99. The number of allylic oxidation sites excluding steroid dienone is 2. The number of rotatable bonds is 5. The van der Waals surface area contributed by atoms with Crippen molar-refractivity contribution < 1.29 is 39.9 Å². The number of aliphatic carboxylic acids is 3. The molecule has 0 spiro atoms. The van der Waals surface area contributed by atoms with E-state index in [1.807, 2.05) is 23.5 Å². The van der Waals surface area contributed by atoms with Crippen LogP contribution in [-0.4, -0.2) is 105 Å². The Morgan fingerprint density at radius 2 is 1.44 bits per heavy atom. The molecule has 1 saturated heterocycles. The molecule has 2 aromatic carbocycles. The van der Waals surface area contributed by atoms with Crippen molar-refractivity contribution in [1.82, 2.24) is 9.80 Å². The first-order valence-corrected chi connectivity index (χ1v) is 26.3. The van der Waals surface area contributed by atoms with Crippen molar-refractivity contribution in [2.24, 2.45) is 50.2 Å². The summed E-state index contributed by atoms with van der Waals surface area (Å²) in [6, 6.07) is 16.5. The van der Waals surface area contributed by atoms with Gasteiger partial charge >= 0.3 is 17.9 Å². The Kier molecular flexibility index (Phi) is 14.6. The highest BCUT2D eigenvalue weighted by Crippen LogP contribution is 2.75. The SMILES string of the molecule is CC1(C)CCC2(C(=O)O)C(O)CC3(C)C(=CCC4C5(C)CCC(O)C(C)(C)C5CCC43C)C2C1.CSc1ccc2c(c1)C(N1CCN(C)CC1)Cc1ccccc1S2.O=C(O)C=CC(=O)O. The van der Waals surface area contributed by atoms with Gasteiger partial charge in [0, 0.05) is 59.1 Å². The molecule has 9 rings (SSSR count). The number of hydrogen-bond acceptors (Lipinski definition) is 9. The number of benzene rings is 2. The third kappa shape index (κ3) is 9.10. The van der Waals surface area contributed by atoms with Crippen LogP contribution in [0.3, 0.4) is 0 Å². The predicted molar refractivity (Wildman–Crippen MR) is 263 cm³/mol. The first-order valence-electron chi connectivity index (χ1n) is 24.2. The zero-order valence-corrected chi connectivity index (χ0v) is 42.4. The molecule has 0 amide bonds. The fourth-order valence-corrected chi connectivity index (χ4v) is 16.1. The molecule has 0 bridgehead atoms. The Hall–Kier alpha value is -3.13. The van der Waals surface area contributed by atoms with Gasteiger partial charge in [-0.1, -0.05) is 90.1 Å². The number of carbonyl (C=O) groups is 3. The van der Waals surface area contributed by atoms with Crippen LogP contribution in [0.5, 0.6) is 0 Å². The smallest absolute Gasteiger partial charge is 0.328 e. The van der Waals surface area contributed by atoms with Crippen molar-refractivity contribution >= 4 is 41.4 Å². The minimum absolute atomic E-state index is 0.0218. The molecule has 10 atom stereocenters. The van der Waals surface area contributed by atoms with Crippen LogP contribution in [0.4, 0.5) is 0 Å². The van der Waals surface area contributed by atoms with Gasteiger partial charge in [0.2, 0.25) is 0 Å². The van der Waals surface area contributed by atoms with E-state index in [0.29, 0.717) is 42.9 Å². The molecule has 2 heterocycles. The van der Waals surface area contributed by atoms with Crippen molar-refractivity contribution in [3.63, 3.8) is 0 Å². The Morgan fingerprint density at radius 1 is 0.773 bits per heavy atom. The highest BCUT2D eigenvalue weighted by atomic mass is 32.2. The molecule has 0 aromatic heterocycles. The topological polar surface area (TPSA) is 159 Å². The monoisotopic (exact) mass is 945 g/mol. The minimum atomic E-state index is -1.26. The molecule has 10 nitrogen and oxygen atoms in total. The van der Waals surface area contributed by atoms with Crippen LogP contribution in [0.15, 0.2) is 81.0 Å². The van der Waals surface area contributed by atoms with Gasteiger partial charge in [0.25, 0.3) is 0 Å². The fourth-order valence-electron chi connectivity index (χ4n) is 14.5. The van der Waals surface area contributed by atoms with Crippen LogP contribution in [0.25, 0.3) is 0 Å². The van der Waals surface area contributed by atoms with E-state index < -0.39 is 29.4 Å². The first-order chi connectivity index (χ1) is 30.9. The third-order valence-corrected chi connectivity index (χ3v) is 20.5. The van der Waals surface area contributed by atoms with Crippen molar-refractivity contribution in [1.29, 1.82) is 0 Å². The minimum Gasteiger partial charge on any atom is -0.481 e.